The van der Waals surface area contributed by atoms with Gasteiger partial charge in [0, 0.05) is 28.9 Å². The number of carbonyl (C=O) groups is 1. The second-order valence-corrected chi connectivity index (χ2v) is 8.15. The number of nitrogens with two attached hydrogens (primary N) is 1. The first-order valence-electron chi connectivity index (χ1n) is 10.1. The smallest absolute Gasteiger partial charge is 0.358 e. The van der Waals surface area contributed by atoms with E-state index in [1.165, 1.54) is 23.7 Å². The minimum Gasteiger partial charge on any atom is -0.464 e. The molecule has 0 saturated carbocycles. The summed E-state index contributed by atoms with van der Waals surface area (Å²) in [6.45, 7) is 1.83. The van der Waals surface area contributed by atoms with Crippen LogP contribution in [0.5, 0.6) is 0 Å². The fraction of sp³-hybridized carbons (Fsp3) is 0.0800. The highest BCUT2D eigenvalue weighted by Gasteiger charge is 2.20. The zero-order valence-electron chi connectivity index (χ0n) is 18.4. The number of nitrogens with zero attached hydrogens (tertiary/aromatic N) is 3. The predicted molar refractivity (Wildman–Crippen MR) is 131 cm³/mol. The number of rotatable bonds is 4. The van der Waals surface area contributed by atoms with Crippen LogP contribution in [0, 0.1) is 18.8 Å². The van der Waals surface area contributed by atoms with Gasteiger partial charge >= 0.3 is 5.97 Å². The Balaban J connectivity index is 1.83. The lowest BCUT2D eigenvalue weighted by Crippen LogP contribution is -2.17. The number of thiol groups is 1. The van der Waals surface area contributed by atoms with E-state index < -0.39 is 16.9 Å². The molecule has 2 heterocycles. The van der Waals surface area contributed by atoms with Gasteiger partial charge in [-0.2, -0.15) is 0 Å². The largest absolute Gasteiger partial charge is 0.464 e. The van der Waals surface area contributed by atoms with Crippen molar-refractivity contribution in [3.8, 4) is 11.8 Å². The number of pyridine rings is 2. The highest BCUT2D eigenvalue weighted by atomic mass is 32.2. The van der Waals surface area contributed by atoms with Crippen molar-refractivity contribution in [2.24, 2.45) is 0 Å². The summed E-state index contributed by atoms with van der Waals surface area (Å²) in [6, 6.07) is 15.9. The van der Waals surface area contributed by atoms with Crippen molar-refractivity contribution in [3.63, 3.8) is 0 Å². The molecule has 0 spiro atoms. The summed E-state index contributed by atoms with van der Waals surface area (Å²) in [6.07, 6.45) is 3.03. The number of fused-ring (bicyclic) bond motifs is 1. The second kappa shape index (κ2) is 9.60. The first kappa shape index (κ1) is 22.8. The predicted octanol–water partition coefficient (Wildman–Crippen LogP) is 3.37. The van der Waals surface area contributed by atoms with Gasteiger partial charge in [-0.1, -0.05) is 42.2 Å². The molecule has 8 nitrogen and oxygen atoms in total. The third-order valence-electron chi connectivity index (χ3n) is 5.09. The van der Waals surface area contributed by atoms with Gasteiger partial charge in [-0.15, -0.1) is 0 Å². The Hall–Kier alpha value is -4.42. The van der Waals surface area contributed by atoms with Crippen molar-refractivity contribution >= 4 is 44.8 Å². The lowest BCUT2D eigenvalue weighted by atomic mass is 10.1. The number of hydrogen-bond acceptors (Lipinski definition) is 7. The molecule has 0 aliphatic rings. The van der Waals surface area contributed by atoms with Gasteiger partial charge in [-0.05, 0) is 36.8 Å². The molecule has 9 heteroatoms. The minimum absolute atomic E-state index is 0.00177. The number of para-hydroxylation sites is 1. The maximum atomic E-state index is 12.5. The molecule has 2 N–H and O–H groups in total. The zero-order chi connectivity index (χ0) is 24.2. The summed E-state index contributed by atoms with van der Waals surface area (Å²) in [5, 5.41) is 0.820. The molecule has 170 valence electrons. The summed E-state index contributed by atoms with van der Waals surface area (Å²) >= 11 is 0. The van der Waals surface area contributed by atoms with Crippen LogP contribution in [0.1, 0.15) is 27.2 Å². The first-order chi connectivity index (χ1) is 16.4. The quantitative estimate of drug-likeness (QED) is 0.266. The lowest BCUT2D eigenvalue weighted by Gasteiger charge is -2.22. The van der Waals surface area contributed by atoms with E-state index in [4.69, 9.17) is 5.73 Å². The van der Waals surface area contributed by atoms with Crippen molar-refractivity contribution in [2.45, 2.75) is 6.92 Å². The van der Waals surface area contributed by atoms with Crippen molar-refractivity contribution < 1.29 is 17.9 Å². The van der Waals surface area contributed by atoms with Gasteiger partial charge in [0.1, 0.15) is 0 Å². The number of ether oxygens (including phenoxy) is 1. The molecule has 0 saturated heterocycles. The van der Waals surface area contributed by atoms with E-state index in [9.17, 15) is 13.2 Å². The molecular formula is C25H20N4O4S. The van der Waals surface area contributed by atoms with Crippen molar-refractivity contribution in [1.82, 2.24) is 9.97 Å². The van der Waals surface area contributed by atoms with Crippen molar-refractivity contribution in [2.75, 3.05) is 17.1 Å². The second-order valence-electron chi connectivity index (χ2n) is 7.28. The third-order valence-corrected chi connectivity index (χ3v) is 5.84. The molecule has 0 atom stereocenters. The Kier molecular flexibility index (Phi) is 6.43. The summed E-state index contributed by atoms with van der Waals surface area (Å²) in [7, 11) is -1.82. The number of aryl methyl sites for hydroxylation is 1. The molecule has 2 aromatic heterocycles. The standard InChI is InChI=1S/C25H20N4O4S/c1-16-9-11-19-7-5-13-27-22(19)24(16)29(34(31)32)21-8-4-3-6-18(21)12-10-17-14-20(26)23(28-15-17)25(30)33-2/h3-9,11,13-15,34H,26H2,1-2H3. The van der Waals surface area contributed by atoms with E-state index >= 15 is 0 Å². The Morgan fingerprint density at radius 2 is 1.85 bits per heavy atom. The normalized spacial score (nSPS) is 10.6. The topological polar surface area (TPSA) is 115 Å². The van der Waals surface area contributed by atoms with Gasteiger partial charge in [0.2, 0.25) is 10.9 Å². The van der Waals surface area contributed by atoms with Crippen LogP contribution in [0.25, 0.3) is 10.9 Å². The van der Waals surface area contributed by atoms with Crippen LogP contribution in [-0.2, 0) is 15.6 Å². The van der Waals surface area contributed by atoms with Crippen LogP contribution < -0.4 is 10.0 Å². The molecule has 0 aliphatic carbocycles. The number of hydrogen-bond donors (Lipinski definition) is 2. The Bertz CT molecular complexity index is 1550. The number of anilines is 3. The SMILES string of the molecule is COC(=O)c1ncc(C#Cc2ccccc2N(c2c(C)ccc3cccnc23)[SH](=O)=O)cc1N. The molecule has 2 aromatic carbocycles. The van der Waals surface area contributed by atoms with Gasteiger partial charge in [0.25, 0.3) is 0 Å². The molecule has 34 heavy (non-hydrogen) atoms. The molecule has 0 radical (unpaired) electrons. The number of methoxy groups -OCH3 is 1. The summed E-state index contributed by atoms with van der Waals surface area (Å²) in [4.78, 5) is 20.1. The van der Waals surface area contributed by atoms with Gasteiger partial charge in [0.05, 0.1) is 29.7 Å². The number of esters is 1. The fourth-order valence-corrected chi connectivity index (χ4v) is 4.27. The molecule has 0 unspecified atom stereocenters. The fourth-order valence-electron chi connectivity index (χ4n) is 3.51. The Morgan fingerprint density at radius 3 is 2.59 bits per heavy atom. The van der Waals surface area contributed by atoms with Crippen LogP contribution in [0.4, 0.5) is 17.1 Å². The summed E-state index contributed by atoms with van der Waals surface area (Å²) in [5.41, 5.74) is 9.15. The summed E-state index contributed by atoms with van der Waals surface area (Å²) < 4.78 is 30.9. The minimum atomic E-state index is -3.06. The van der Waals surface area contributed by atoms with Crippen LogP contribution in [0.15, 0.2) is 67.0 Å². The number of carbonyl (C=O) groups excluding carboxylic acids is 1. The van der Waals surface area contributed by atoms with Crippen molar-refractivity contribution in [1.29, 1.82) is 0 Å². The molecule has 0 aliphatic heterocycles. The van der Waals surface area contributed by atoms with Crippen LogP contribution in [-0.4, -0.2) is 31.5 Å². The molecular weight excluding hydrogens is 452 g/mol. The molecule has 4 aromatic rings. The van der Waals surface area contributed by atoms with E-state index in [-0.39, 0.29) is 11.4 Å². The van der Waals surface area contributed by atoms with Crippen molar-refractivity contribution in [3.05, 3.63) is 89.4 Å². The molecule has 4 rings (SSSR count). The highest BCUT2D eigenvalue weighted by Crippen LogP contribution is 2.35. The van der Waals surface area contributed by atoms with Gasteiger partial charge in [0.15, 0.2) is 5.69 Å². The Labute approximate surface area is 198 Å². The van der Waals surface area contributed by atoms with E-state index in [1.807, 2.05) is 25.1 Å². The van der Waals surface area contributed by atoms with E-state index in [0.717, 1.165) is 10.9 Å². The van der Waals surface area contributed by atoms with Gasteiger partial charge < -0.3 is 10.5 Å². The van der Waals surface area contributed by atoms with Crippen LogP contribution >= 0.6 is 0 Å². The number of aromatic nitrogens is 2. The lowest BCUT2D eigenvalue weighted by molar-refractivity contribution is 0.0595. The van der Waals surface area contributed by atoms with Crippen LogP contribution in [0.2, 0.25) is 0 Å². The monoisotopic (exact) mass is 472 g/mol. The highest BCUT2D eigenvalue weighted by molar-refractivity contribution is 7.74. The van der Waals surface area contributed by atoms with Gasteiger partial charge in [-0.25, -0.2) is 22.5 Å². The zero-order valence-corrected chi connectivity index (χ0v) is 19.2. The number of nitrogen functional groups attached to an aromatic ring is 1. The maximum absolute atomic E-state index is 12.5. The average Bonchev–Trinajstić information content (AvgIpc) is 2.84. The molecule has 0 bridgehead atoms. The summed E-state index contributed by atoms with van der Waals surface area (Å²) in [5.74, 6) is 5.30. The first-order valence-corrected chi connectivity index (χ1v) is 11.3. The molecule has 0 amide bonds. The Morgan fingerprint density at radius 1 is 1.06 bits per heavy atom. The van der Waals surface area contributed by atoms with E-state index in [1.54, 1.807) is 36.5 Å². The van der Waals surface area contributed by atoms with Crippen LogP contribution in [0.3, 0.4) is 0 Å². The molecule has 0 fully saturated rings. The maximum Gasteiger partial charge on any atom is 0.358 e. The van der Waals surface area contributed by atoms with E-state index in [2.05, 4.69) is 26.5 Å². The average molecular weight is 473 g/mol. The number of benzene rings is 2. The van der Waals surface area contributed by atoms with E-state index in [0.29, 0.717) is 28.0 Å². The third kappa shape index (κ3) is 4.40. The van der Waals surface area contributed by atoms with Gasteiger partial charge in [-0.3, -0.25) is 4.98 Å².